The molecule has 0 saturated carbocycles. The van der Waals surface area contributed by atoms with Crippen LogP contribution in [0.5, 0.6) is 0 Å². The molecule has 106 valence electrons. The van der Waals surface area contributed by atoms with Crippen molar-refractivity contribution >= 4 is 44.3 Å². The molecule has 0 unspecified atom stereocenters. The van der Waals surface area contributed by atoms with Crippen LogP contribution >= 0.6 is 27.5 Å². The van der Waals surface area contributed by atoms with Crippen molar-refractivity contribution in [3.8, 4) is 0 Å². The fraction of sp³-hybridized carbons (Fsp3) is 0.0625. The van der Waals surface area contributed by atoms with Crippen molar-refractivity contribution in [1.82, 2.24) is 4.57 Å². The number of hydrogen-bond donors (Lipinski definition) is 1. The molecule has 0 aliphatic carbocycles. The van der Waals surface area contributed by atoms with Crippen LogP contribution in [0.4, 0.5) is 0 Å². The van der Waals surface area contributed by atoms with Gasteiger partial charge >= 0.3 is 0 Å². The first-order chi connectivity index (χ1) is 10.1. The lowest BCUT2D eigenvalue weighted by atomic mass is 10.1. The number of rotatable bonds is 3. The Kier molecular flexibility index (Phi) is 3.74. The summed E-state index contributed by atoms with van der Waals surface area (Å²) in [6, 6.07) is 13.3. The molecule has 3 aromatic rings. The number of nitrogens with zero attached hydrogens (tertiary/aromatic N) is 1. The van der Waals surface area contributed by atoms with Crippen LogP contribution in [0, 0.1) is 0 Å². The highest BCUT2D eigenvalue weighted by Gasteiger charge is 2.08. The molecule has 2 aromatic carbocycles. The SMILES string of the molecule is NC(=O)c1ccc(Cn2ccc3c(Br)cccc32)c(Cl)c1. The Balaban J connectivity index is 1.99. The molecule has 0 aliphatic rings. The Morgan fingerprint density at radius 1 is 1.24 bits per heavy atom. The summed E-state index contributed by atoms with van der Waals surface area (Å²) in [4.78, 5) is 11.1. The van der Waals surface area contributed by atoms with Crippen LogP contribution in [-0.2, 0) is 6.54 Å². The first-order valence-corrected chi connectivity index (χ1v) is 7.55. The number of benzene rings is 2. The van der Waals surface area contributed by atoms with Crippen molar-refractivity contribution in [2.45, 2.75) is 6.54 Å². The van der Waals surface area contributed by atoms with Gasteiger partial charge in [0.2, 0.25) is 5.91 Å². The second kappa shape index (κ2) is 5.54. The van der Waals surface area contributed by atoms with Crippen molar-refractivity contribution in [3.63, 3.8) is 0 Å². The monoisotopic (exact) mass is 362 g/mol. The molecule has 3 nitrogen and oxygen atoms in total. The molecular formula is C16H12BrClN2O. The van der Waals surface area contributed by atoms with E-state index in [4.69, 9.17) is 17.3 Å². The number of halogens is 2. The molecule has 21 heavy (non-hydrogen) atoms. The lowest BCUT2D eigenvalue weighted by Gasteiger charge is -2.09. The van der Waals surface area contributed by atoms with E-state index < -0.39 is 5.91 Å². The molecule has 1 aromatic heterocycles. The number of fused-ring (bicyclic) bond motifs is 1. The molecule has 1 amide bonds. The molecule has 1 heterocycles. The zero-order chi connectivity index (χ0) is 15.0. The maximum Gasteiger partial charge on any atom is 0.248 e. The smallest absolute Gasteiger partial charge is 0.248 e. The van der Waals surface area contributed by atoms with Gasteiger partial charge in [-0.3, -0.25) is 4.79 Å². The summed E-state index contributed by atoms with van der Waals surface area (Å²) in [7, 11) is 0. The maximum absolute atomic E-state index is 11.1. The lowest BCUT2D eigenvalue weighted by Crippen LogP contribution is -2.11. The molecule has 0 atom stereocenters. The summed E-state index contributed by atoms with van der Waals surface area (Å²) < 4.78 is 3.18. The summed E-state index contributed by atoms with van der Waals surface area (Å²) in [5, 5.41) is 1.70. The van der Waals surface area contributed by atoms with Gasteiger partial charge in [0.15, 0.2) is 0 Å². The molecule has 0 aliphatic heterocycles. The summed E-state index contributed by atoms with van der Waals surface area (Å²) in [5.74, 6) is -0.473. The highest BCUT2D eigenvalue weighted by molar-refractivity contribution is 9.10. The molecule has 0 saturated heterocycles. The highest BCUT2D eigenvalue weighted by Crippen LogP contribution is 2.26. The first-order valence-electron chi connectivity index (χ1n) is 6.38. The summed E-state index contributed by atoms with van der Waals surface area (Å²) >= 11 is 9.79. The van der Waals surface area contributed by atoms with Gasteiger partial charge in [-0.2, -0.15) is 0 Å². The van der Waals surface area contributed by atoms with Crippen LogP contribution in [-0.4, -0.2) is 10.5 Å². The van der Waals surface area contributed by atoms with Gasteiger partial charge in [0.05, 0.1) is 0 Å². The van der Waals surface area contributed by atoms with E-state index in [-0.39, 0.29) is 0 Å². The van der Waals surface area contributed by atoms with Crippen molar-refractivity contribution in [2.75, 3.05) is 0 Å². The van der Waals surface area contributed by atoms with Crippen LogP contribution in [0.1, 0.15) is 15.9 Å². The summed E-state index contributed by atoms with van der Waals surface area (Å²) in [5.41, 5.74) is 7.74. The fourth-order valence-electron chi connectivity index (χ4n) is 2.34. The molecule has 0 fully saturated rings. The minimum Gasteiger partial charge on any atom is -0.366 e. The molecule has 0 radical (unpaired) electrons. The first kappa shape index (κ1) is 14.2. The van der Waals surface area contributed by atoms with Crippen molar-refractivity contribution < 1.29 is 4.79 Å². The van der Waals surface area contributed by atoms with Crippen LogP contribution in [0.3, 0.4) is 0 Å². The summed E-state index contributed by atoms with van der Waals surface area (Å²) in [6.45, 7) is 0.637. The lowest BCUT2D eigenvalue weighted by molar-refractivity contribution is 0.100. The second-order valence-corrected chi connectivity index (χ2v) is 6.05. The third-order valence-corrected chi connectivity index (χ3v) is 4.48. The third-order valence-electron chi connectivity index (χ3n) is 3.44. The predicted octanol–water partition coefficient (Wildman–Crippen LogP) is 4.20. The standard InChI is InChI=1S/C16H12BrClN2O/c17-13-2-1-3-15-12(13)6-7-20(15)9-11-5-4-10(16(19)21)8-14(11)18/h1-8H,9H2,(H2,19,21). The van der Waals surface area contributed by atoms with E-state index in [1.54, 1.807) is 12.1 Å². The van der Waals surface area contributed by atoms with Crippen LogP contribution < -0.4 is 5.73 Å². The molecule has 2 N–H and O–H groups in total. The van der Waals surface area contributed by atoms with E-state index in [0.29, 0.717) is 17.1 Å². The molecule has 5 heteroatoms. The topological polar surface area (TPSA) is 48.0 Å². The van der Waals surface area contributed by atoms with E-state index in [0.717, 1.165) is 20.9 Å². The van der Waals surface area contributed by atoms with E-state index in [2.05, 4.69) is 32.6 Å². The molecule has 0 spiro atoms. The number of amides is 1. The van der Waals surface area contributed by atoms with E-state index in [1.165, 1.54) is 0 Å². The molecule has 0 bridgehead atoms. The minimum absolute atomic E-state index is 0.420. The Bertz CT molecular complexity index is 841. The number of carbonyl (C=O) groups excluding carboxylic acids is 1. The number of carbonyl (C=O) groups is 1. The average molecular weight is 364 g/mol. The normalized spacial score (nSPS) is 11.0. The third kappa shape index (κ3) is 2.69. The van der Waals surface area contributed by atoms with Gasteiger partial charge in [-0.15, -0.1) is 0 Å². The predicted molar refractivity (Wildman–Crippen MR) is 88.7 cm³/mol. The van der Waals surface area contributed by atoms with E-state index in [9.17, 15) is 4.79 Å². The average Bonchev–Trinajstić information content (AvgIpc) is 2.85. The minimum atomic E-state index is -0.473. The second-order valence-electron chi connectivity index (χ2n) is 4.79. The van der Waals surface area contributed by atoms with Gasteiger partial charge < -0.3 is 10.3 Å². The number of primary amides is 1. The van der Waals surface area contributed by atoms with Gasteiger partial charge in [0, 0.05) is 38.7 Å². The van der Waals surface area contributed by atoms with Gasteiger partial charge in [-0.25, -0.2) is 0 Å². The summed E-state index contributed by atoms with van der Waals surface area (Å²) in [6.07, 6.45) is 2.02. The molecule has 3 rings (SSSR count). The van der Waals surface area contributed by atoms with Crippen LogP contribution in [0.2, 0.25) is 5.02 Å². The Morgan fingerprint density at radius 2 is 2.05 bits per heavy atom. The Hall–Kier alpha value is -1.78. The van der Waals surface area contributed by atoms with Crippen LogP contribution in [0.15, 0.2) is 53.1 Å². The fourth-order valence-corrected chi connectivity index (χ4v) is 3.06. The van der Waals surface area contributed by atoms with E-state index in [1.807, 2.05) is 24.4 Å². The quantitative estimate of drug-likeness (QED) is 0.744. The van der Waals surface area contributed by atoms with E-state index >= 15 is 0 Å². The number of nitrogens with two attached hydrogens (primary N) is 1. The van der Waals surface area contributed by atoms with Gasteiger partial charge in [-0.05, 0) is 35.9 Å². The van der Waals surface area contributed by atoms with Gasteiger partial charge in [0.25, 0.3) is 0 Å². The molecular weight excluding hydrogens is 352 g/mol. The number of hydrogen-bond acceptors (Lipinski definition) is 1. The Labute approximate surface area is 135 Å². The Morgan fingerprint density at radius 3 is 2.76 bits per heavy atom. The maximum atomic E-state index is 11.1. The highest BCUT2D eigenvalue weighted by atomic mass is 79.9. The van der Waals surface area contributed by atoms with Gasteiger partial charge in [0.1, 0.15) is 0 Å². The van der Waals surface area contributed by atoms with Crippen molar-refractivity contribution in [3.05, 3.63) is 69.3 Å². The zero-order valence-electron chi connectivity index (χ0n) is 11.0. The van der Waals surface area contributed by atoms with Crippen molar-refractivity contribution in [2.24, 2.45) is 5.73 Å². The van der Waals surface area contributed by atoms with Crippen molar-refractivity contribution in [1.29, 1.82) is 0 Å². The largest absolute Gasteiger partial charge is 0.366 e. The van der Waals surface area contributed by atoms with Gasteiger partial charge in [-0.1, -0.05) is 39.7 Å². The van der Waals surface area contributed by atoms with Crippen LogP contribution in [0.25, 0.3) is 10.9 Å². The zero-order valence-corrected chi connectivity index (χ0v) is 13.4. The number of aromatic nitrogens is 1.